The van der Waals surface area contributed by atoms with E-state index in [1.54, 1.807) is 6.07 Å². The Morgan fingerprint density at radius 3 is 2.57 bits per heavy atom. The molecule has 0 aliphatic carbocycles. The molecule has 1 unspecified atom stereocenters. The fraction of sp³-hybridized carbons (Fsp3) is 0.143. The number of carbonyl (C=O) groups excluding carboxylic acids is 1. The molecule has 9 heteroatoms. The number of aromatic nitrogens is 1. The summed E-state index contributed by atoms with van der Waals surface area (Å²) < 4.78 is 6.51. The van der Waals surface area contributed by atoms with Crippen LogP contribution in [0.4, 0.5) is 5.69 Å². The van der Waals surface area contributed by atoms with Gasteiger partial charge in [-0.1, -0.05) is 60.7 Å². The molecule has 4 aromatic carbocycles. The van der Waals surface area contributed by atoms with E-state index in [0.29, 0.717) is 17.5 Å². The number of carbonyl (C=O) groups is 1. The summed E-state index contributed by atoms with van der Waals surface area (Å²) in [5, 5.41) is 26.6. The first-order valence-electron chi connectivity index (χ1n) is 11.7. The fourth-order valence-electron chi connectivity index (χ4n) is 4.57. The SMILES string of the molecule is O=C(CCCn1c(=O)oc2cc([N+](=O)[O-])ccc21)NC(c1ccccc1)c1c(O)ccc2ccccc12. The topological polar surface area (TPSA) is 128 Å². The second-order valence-corrected chi connectivity index (χ2v) is 8.66. The zero-order valence-electron chi connectivity index (χ0n) is 19.7. The number of phenolic OH excluding ortho intramolecular Hbond substituents is 1. The number of aryl methyl sites for hydroxylation is 1. The molecule has 0 aliphatic heterocycles. The van der Waals surface area contributed by atoms with E-state index in [1.165, 1.54) is 22.8 Å². The Hall–Kier alpha value is -4.92. The molecule has 0 spiro atoms. The van der Waals surface area contributed by atoms with Crippen molar-refractivity contribution < 1.29 is 19.2 Å². The average Bonchev–Trinajstić information content (AvgIpc) is 3.22. The van der Waals surface area contributed by atoms with Crippen LogP contribution in [0.3, 0.4) is 0 Å². The fourth-order valence-corrected chi connectivity index (χ4v) is 4.57. The Kier molecular flexibility index (Phi) is 6.42. The van der Waals surface area contributed by atoms with Crippen LogP contribution in [0.25, 0.3) is 21.9 Å². The van der Waals surface area contributed by atoms with E-state index in [9.17, 15) is 24.8 Å². The van der Waals surface area contributed by atoms with Crippen LogP contribution < -0.4 is 11.1 Å². The van der Waals surface area contributed by atoms with E-state index >= 15 is 0 Å². The molecule has 2 N–H and O–H groups in total. The molecule has 37 heavy (non-hydrogen) atoms. The first-order chi connectivity index (χ1) is 17.9. The number of oxazole rings is 1. The minimum absolute atomic E-state index is 0.0818. The van der Waals surface area contributed by atoms with Crippen molar-refractivity contribution in [1.82, 2.24) is 9.88 Å². The molecule has 1 heterocycles. The predicted octanol–water partition coefficient (Wildman–Crippen LogP) is 5.05. The van der Waals surface area contributed by atoms with Crippen molar-refractivity contribution in [2.45, 2.75) is 25.4 Å². The first-order valence-corrected chi connectivity index (χ1v) is 11.7. The highest BCUT2D eigenvalue weighted by atomic mass is 16.6. The predicted molar refractivity (Wildman–Crippen MR) is 138 cm³/mol. The van der Waals surface area contributed by atoms with Crippen LogP contribution in [0.2, 0.25) is 0 Å². The van der Waals surface area contributed by atoms with Crippen molar-refractivity contribution in [2.24, 2.45) is 0 Å². The summed E-state index contributed by atoms with van der Waals surface area (Å²) in [4.78, 5) is 35.8. The number of fused-ring (bicyclic) bond motifs is 2. The minimum atomic E-state index is -0.640. The number of hydrogen-bond donors (Lipinski definition) is 2. The molecular formula is C28H23N3O6. The molecule has 0 saturated carbocycles. The number of rotatable bonds is 8. The van der Waals surface area contributed by atoms with Crippen LogP contribution in [0.1, 0.15) is 30.0 Å². The smallest absolute Gasteiger partial charge is 0.419 e. The van der Waals surface area contributed by atoms with Crippen molar-refractivity contribution in [1.29, 1.82) is 0 Å². The number of nitrogens with one attached hydrogen (secondary N) is 1. The molecule has 0 fully saturated rings. The molecule has 1 atom stereocenters. The Morgan fingerprint density at radius 1 is 1.03 bits per heavy atom. The molecular weight excluding hydrogens is 474 g/mol. The molecule has 9 nitrogen and oxygen atoms in total. The van der Waals surface area contributed by atoms with Crippen LogP contribution in [0, 0.1) is 10.1 Å². The molecule has 0 aliphatic rings. The Balaban J connectivity index is 1.36. The zero-order chi connectivity index (χ0) is 25.9. The number of benzene rings is 4. The molecule has 5 aromatic rings. The number of nitrogens with zero attached hydrogens (tertiary/aromatic N) is 2. The quantitative estimate of drug-likeness (QED) is 0.228. The standard InChI is InChI=1S/C28H23N3O6/c32-23-15-12-18-7-4-5-10-21(18)26(23)27(19-8-2-1-3-9-19)29-25(33)11-6-16-30-22-14-13-20(31(35)36)17-24(22)37-28(30)34/h1-5,7-10,12-15,17,27,32H,6,11,16H2,(H,29,33). The lowest BCUT2D eigenvalue weighted by Crippen LogP contribution is -2.29. The van der Waals surface area contributed by atoms with Gasteiger partial charge in [0.1, 0.15) is 5.75 Å². The Labute approximate surface area is 210 Å². The van der Waals surface area contributed by atoms with Gasteiger partial charge in [-0.2, -0.15) is 0 Å². The third kappa shape index (κ3) is 4.79. The van der Waals surface area contributed by atoms with Crippen LogP contribution in [-0.4, -0.2) is 20.5 Å². The van der Waals surface area contributed by atoms with E-state index in [1.807, 2.05) is 60.7 Å². The first kappa shape index (κ1) is 23.8. The van der Waals surface area contributed by atoms with Gasteiger partial charge in [-0.25, -0.2) is 4.79 Å². The van der Waals surface area contributed by atoms with E-state index in [-0.39, 0.29) is 35.9 Å². The molecule has 1 aromatic heterocycles. The van der Waals surface area contributed by atoms with Gasteiger partial charge in [0.25, 0.3) is 5.69 Å². The maximum absolute atomic E-state index is 13.1. The summed E-state index contributed by atoms with van der Waals surface area (Å²) in [6, 6.07) is 23.9. The summed E-state index contributed by atoms with van der Waals surface area (Å²) >= 11 is 0. The number of phenols is 1. The zero-order valence-corrected chi connectivity index (χ0v) is 19.7. The molecule has 5 rings (SSSR count). The molecule has 186 valence electrons. The van der Waals surface area contributed by atoms with Gasteiger partial charge in [-0.3, -0.25) is 19.5 Å². The highest BCUT2D eigenvalue weighted by Gasteiger charge is 2.22. The van der Waals surface area contributed by atoms with Gasteiger partial charge in [0.05, 0.1) is 22.5 Å². The number of nitro benzene ring substituents is 1. The highest BCUT2D eigenvalue weighted by Crippen LogP contribution is 2.36. The van der Waals surface area contributed by atoms with Gasteiger partial charge < -0.3 is 14.8 Å². The molecule has 0 saturated heterocycles. The van der Waals surface area contributed by atoms with Crippen molar-refractivity contribution in [3.8, 4) is 5.75 Å². The normalized spacial score (nSPS) is 12.0. The lowest BCUT2D eigenvalue weighted by atomic mass is 9.92. The lowest BCUT2D eigenvalue weighted by molar-refractivity contribution is -0.384. The summed E-state index contributed by atoms with van der Waals surface area (Å²) in [6.45, 7) is 0.201. The van der Waals surface area contributed by atoms with Gasteiger partial charge in [-0.15, -0.1) is 0 Å². The maximum Gasteiger partial charge on any atom is 0.419 e. The van der Waals surface area contributed by atoms with Crippen LogP contribution in [0.5, 0.6) is 5.75 Å². The van der Waals surface area contributed by atoms with Crippen LogP contribution in [0.15, 0.2) is 94.1 Å². The van der Waals surface area contributed by atoms with Crippen molar-refractivity contribution in [3.63, 3.8) is 0 Å². The second-order valence-electron chi connectivity index (χ2n) is 8.66. The number of nitro groups is 1. The summed E-state index contributed by atoms with van der Waals surface area (Å²) in [5.74, 6) is -0.810. The highest BCUT2D eigenvalue weighted by molar-refractivity contribution is 5.89. The van der Waals surface area contributed by atoms with Crippen LogP contribution >= 0.6 is 0 Å². The van der Waals surface area contributed by atoms with Crippen molar-refractivity contribution >= 4 is 33.5 Å². The Bertz CT molecular complexity index is 1670. The van der Waals surface area contributed by atoms with E-state index in [2.05, 4.69) is 5.32 Å². The molecule has 1 amide bonds. The van der Waals surface area contributed by atoms with Crippen LogP contribution in [-0.2, 0) is 11.3 Å². The molecule has 0 bridgehead atoms. The maximum atomic E-state index is 13.1. The van der Waals surface area contributed by atoms with Crippen molar-refractivity contribution in [2.75, 3.05) is 0 Å². The summed E-state index contributed by atoms with van der Waals surface area (Å²) in [6.07, 6.45) is 0.446. The van der Waals surface area contributed by atoms with Gasteiger partial charge >= 0.3 is 5.76 Å². The third-order valence-electron chi connectivity index (χ3n) is 6.32. The van der Waals surface area contributed by atoms with Gasteiger partial charge in [0.2, 0.25) is 5.91 Å². The van der Waals surface area contributed by atoms with E-state index in [4.69, 9.17) is 4.42 Å². The molecule has 0 radical (unpaired) electrons. The third-order valence-corrected chi connectivity index (χ3v) is 6.32. The van der Waals surface area contributed by atoms with Gasteiger partial charge in [0, 0.05) is 24.6 Å². The number of hydrogen-bond acceptors (Lipinski definition) is 6. The summed E-state index contributed by atoms with van der Waals surface area (Å²) in [5.41, 5.74) is 1.81. The monoisotopic (exact) mass is 497 g/mol. The van der Waals surface area contributed by atoms with Gasteiger partial charge in [0.15, 0.2) is 5.58 Å². The van der Waals surface area contributed by atoms with Crippen molar-refractivity contribution in [3.05, 3.63) is 117 Å². The second kappa shape index (κ2) is 9.98. The largest absolute Gasteiger partial charge is 0.508 e. The average molecular weight is 498 g/mol. The number of non-ortho nitro benzene ring substituents is 1. The van der Waals surface area contributed by atoms with E-state index < -0.39 is 16.7 Å². The lowest BCUT2D eigenvalue weighted by Gasteiger charge is -2.22. The van der Waals surface area contributed by atoms with Gasteiger partial charge in [-0.05, 0) is 34.9 Å². The van der Waals surface area contributed by atoms with E-state index in [0.717, 1.165) is 16.3 Å². The number of aromatic hydroxyl groups is 1. The Morgan fingerprint density at radius 2 is 1.78 bits per heavy atom. The number of amides is 1. The summed E-state index contributed by atoms with van der Waals surface area (Å²) in [7, 11) is 0. The minimum Gasteiger partial charge on any atom is -0.508 e.